The maximum Gasteiger partial charge on any atom is 0.222 e. The second kappa shape index (κ2) is 6.85. The highest BCUT2D eigenvalue weighted by Gasteiger charge is 2.30. The summed E-state index contributed by atoms with van der Waals surface area (Å²) in [6.45, 7) is 1.71. The monoisotopic (exact) mass is 281 g/mol. The predicted octanol–water partition coefficient (Wildman–Crippen LogP) is 0.399. The van der Waals surface area contributed by atoms with Gasteiger partial charge in [0.05, 0.1) is 12.2 Å². The first-order valence-electron chi connectivity index (χ1n) is 7.21. The molecule has 1 aliphatic heterocycles. The van der Waals surface area contributed by atoms with Crippen molar-refractivity contribution in [3.05, 3.63) is 18.5 Å². The lowest BCUT2D eigenvalue weighted by Gasteiger charge is -2.24. The fourth-order valence-corrected chi connectivity index (χ4v) is 2.57. The lowest BCUT2D eigenvalue weighted by Crippen LogP contribution is -2.36. The lowest BCUT2D eigenvalue weighted by atomic mass is 9.96. The molecular formula is C14H23N3O3. The molecule has 1 amide bonds. The first-order chi connectivity index (χ1) is 9.63. The zero-order valence-corrected chi connectivity index (χ0v) is 11.7. The standard InChI is InChI=1S/C14H23N3O3/c18-12-14(20)5-2-8-16(11-6-14)13(19)4-1-9-17-10-3-7-15-17/h3,7,10,18,20H,1-2,4-6,8-9,11-12H2. The Hall–Kier alpha value is -1.40. The summed E-state index contributed by atoms with van der Waals surface area (Å²) in [5.74, 6) is 0.124. The van der Waals surface area contributed by atoms with Crippen LogP contribution in [0.5, 0.6) is 0 Å². The summed E-state index contributed by atoms with van der Waals surface area (Å²) in [5, 5.41) is 23.3. The van der Waals surface area contributed by atoms with E-state index in [1.165, 1.54) is 0 Å². The average molecular weight is 281 g/mol. The maximum absolute atomic E-state index is 12.1. The third kappa shape index (κ3) is 4.05. The number of aliphatic hydroxyl groups excluding tert-OH is 1. The van der Waals surface area contributed by atoms with Gasteiger partial charge >= 0.3 is 0 Å². The largest absolute Gasteiger partial charge is 0.393 e. The molecule has 20 heavy (non-hydrogen) atoms. The molecule has 2 heterocycles. The summed E-state index contributed by atoms with van der Waals surface area (Å²) in [6, 6.07) is 1.87. The Labute approximate surface area is 119 Å². The van der Waals surface area contributed by atoms with Crippen LogP contribution in [-0.4, -0.2) is 56.1 Å². The molecule has 0 bridgehead atoms. The minimum Gasteiger partial charge on any atom is -0.393 e. The Balaban J connectivity index is 1.75. The molecule has 112 valence electrons. The molecule has 6 nitrogen and oxygen atoms in total. The predicted molar refractivity (Wildman–Crippen MR) is 73.9 cm³/mol. The average Bonchev–Trinajstić information content (AvgIpc) is 2.87. The number of carbonyl (C=O) groups excluding carboxylic acids is 1. The number of carbonyl (C=O) groups is 1. The molecule has 1 saturated heterocycles. The number of amides is 1. The van der Waals surface area contributed by atoms with Gasteiger partial charge in [-0.15, -0.1) is 0 Å². The van der Waals surface area contributed by atoms with E-state index < -0.39 is 5.60 Å². The summed E-state index contributed by atoms with van der Waals surface area (Å²) < 4.78 is 1.82. The fraction of sp³-hybridized carbons (Fsp3) is 0.714. The van der Waals surface area contributed by atoms with E-state index in [-0.39, 0.29) is 12.5 Å². The second-order valence-electron chi connectivity index (χ2n) is 5.49. The summed E-state index contributed by atoms with van der Waals surface area (Å²) >= 11 is 0. The van der Waals surface area contributed by atoms with Gasteiger partial charge in [0, 0.05) is 38.4 Å². The SMILES string of the molecule is O=C(CCCn1cccn1)N1CCCC(O)(CO)CC1. The van der Waals surface area contributed by atoms with Crippen LogP contribution >= 0.6 is 0 Å². The van der Waals surface area contributed by atoms with Crippen molar-refractivity contribution >= 4 is 5.91 Å². The number of nitrogens with zero attached hydrogens (tertiary/aromatic N) is 3. The molecular weight excluding hydrogens is 258 g/mol. The maximum atomic E-state index is 12.1. The molecule has 0 aromatic carbocycles. The van der Waals surface area contributed by atoms with E-state index in [1.54, 1.807) is 11.1 Å². The molecule has 0 saturated carbocycles. The number of hydrogen-bond donors (Lipinski definition) is 2. The smallest absolute Gasteiger partial charge is 0.222 e. The number of aliphatic hydroxyl groups is 2. The molecule has 1 aliphatic rings. The molecule has 1 aromatic heterocycles. The molecule has 0 aliphatic carbocycles. The number of hydrogen-bond acceptors (Lipinski definition) is 4. The summed E-state index contributed by atoms with van der Waals surface area (Å²) in [4.78, 5) is 13.9. The second-order valence-corrected chi connectivity index (χ2v) is 5.49. The van der Waals surface area contributed by atoms with Crippen molar-refractivity contribution in [1.29, 1.82) is 0 Å². The molecule has 1 fully saturated rings. The minimum atomic E-state index is -1.01. The van der Waals surface area contributed by atoms with Gasteiger partial charge in [-0.25, -0.2) is 0 Å². The molecule has 1 unspecified atom stereocenters. The Bertz CT molecular complexity index is 421. The summed E-state index contributed by atoms with van der Waals surface area (Å²) in [6.07, 6.45) is 6.62. The number of rotatable bonds is 5. The molecule has 2 rings (SSSR count). The highest BCUT2D eigenvalue weighted by molar-refractivity contribution is 5.76. The zero-order valence-electron chi connectivity index (χ0n) is 11.7. The Morgan fingerprint density at radius 1 is 1.35 bits per heavy atom. The van der Waals surface area contributed by atoms with Crippen LogP contribution in [0.15, 0.2) is 18.5 Å². The van der Waals surface area contributed by atoms with Crippen molar-refractivity contribution < 1.29 is 15.0 Å². The first kappa shape index (κ1) is 15.0. The third-order valence-corrected chi connectivity index (χ3v) is 3.90. The van der Waals surface area contributed by atoms with Gasteiger partial charge < -0.3 is 15.1 Å². The fourth-order valence-electron chi connectivity index (χ4n) is 2.57. The van der Waals surface area contributed by atoms with Crippen molar-refractivity contribution in [2.24, 2.45) is 0 Å². The number of likely N-dealkylation sites (tertiary alicyclic amines) is 1. The molecule has 2 N–H and O–H groups in total. The minimum absolute atomic E-state index is 0.124. The highest BCUT2D eigenvalue weighted by Crippen LogP contribution is 2.22. The molecule has 1 atom stereocenters. The molecule has 1 aromatic rings. The van der Waals surface area contributed by atoms with Crippen molar-refractivity contribution in [3.8, 4) is 0 Å². The van der Waals surface area contributed by atoms with Gasteiger partial charge in [0.2, 0.25) is 5.91 Å². The van der Waals surface area contributed by atoms with Crippen molar-refractivity contribution in [1.82, 2.24) is 14.7 Å². The van der Waals surface area contributed by atoms with Gasteiger partial charge in [-0.05, 0) is 31.7 Å². The van der Waals surface area contributed by atoms with Crippen molar-refractivity contribution in [3.63, 3.8) is 0 Å². The van der Waals surface area contributed by atoms with Gasteiger partial charge in [0.1, 0.15) is 0 Å². The lowest BCUT2D eigenvalue weighted by molar-refractivity contribution is -0.131. The van der Waals surface area contributed by atoms with Gasteiger partial charge in [0.25, 0.3) is 0 Å². The van der Waals surface area contributed by atoms with E-state index in [4.69, 9.17) is 0 Å². The van der Waals surface area contributed by atoms with Crippen LogP contribution in [0.3, 0.4) is 0 Å². The van der Waals surface area contributed by atoms with Gasteiger partial charge in [-0.1, -0.05) is 0 Å². The van der Waals surface area contributed by atoms with E-state index in [9.17, 15) is 15.0 Å². The van der Waals surface area contributed by atoms with Crippen LogP contribution in [0, 0.1) is 0 Å². The summed E-state index contributed by atoms with van der Waals surface area (Å²) in [7, 11) is 0. The Kier molecular flexibility index (Phi) is 5.14. The van der Waals surface area contributed by atoms with E-state index in [0.717, 1.165) is 19.4 Å². The molecule has 0 radical (unpaired) electrons. The molecule has 0 spiro atoms. The Morgan fingerprint density at radius 3 is 2.90 bits per heavy atom. The third-order valence-electron chi connectivity index (χ3n) is 3.90. The quantitative estimate of drug-likeness (QED) is 0.819. The molecule has 6 heteroatoms. The van der Waals surface area contributed by atoms with Gasteiger partial charge in [-0.3, -0.25) is 9.48 Å². The van der Waals surface area contributed by atoms with E-state index in [1.807, 2.05) is 16.9 Å². The van der Waals surface area contributed by atoms with E-state index in [0.29, 0.717) is 32.4 Å². The van der Waals surface area contributed by atoms with E-state index in [2.05, 4.69) is 5.10 Å². The van der Waals surface area contributed by atoms with Gasteiger partial charge in [-0.2, -0.15) is 5.10 Å². The topological polar surface area (TPSA) is 78.6 Å². The van der Waals surface area contributed by atoms with Crippen LogP contribution in [0.1, 0.15) is 32.1 Å². The number of aromatic nitrogens is 2. The van der Waals surface area contributed by atoms with Crippen LogP contribution < -0.4 is 0 Å². The highest BCUT2D eigenvalue weighted by atomic mass is 16.3. The number of aryl methyl sites for hydroxylation is 1. The van der Waals surface area contributed by atoms with Crippen LogP contribution in [-0.2, 0) is 11.3 Å². The van der Waals surface area contributed by atoms with Crippen molar-refractivity contribution in [2.45, 2.75) is 44.2 Å². The van der Waals surface area contributed by atoms with Crippen LogP contribution in [0.25, 0.3) is 0 Å². The normalized spacial score (nSPS) is 23.6. The van der Waals surface area contributed by atoms with Gasteiger partial charge in [0.15, 0.2) is 0 Å². The van der Waals surface area contributed by atoms with Crippen LogP contribution in [0.2, 0.25) is 0 Å². The summed E-state index contributed by atoms with van der Waals surface area (Å²) in [5.41, 5.74) is -1.01. The Morgan fingerprint density at radius 2 is 2.20 bits per heavy atom. The van der Waals surface area contributed by atoms with E-state index >= 15 is 0 Å². The zero-order chi connectivity index (χ0) is 14.4. The van der Waals surface area contributed by atoms with Crippen molar-refractivity contribution in [2.75, 3.05) is 19.7 Å². The first-order valence-corrected chi connectivity index (χ1v) is 7.21. The van der Waals surface area contributed by atoms with Crippen LogP contribution in [0.4, 0.5) is 0 Å².